The Morgan fingerprint density at radius 2 is 2.10 bits per heavy atom. The van der Waals surface area contributed by atoms with Crippen LogP contribution < -0.4 is 0 Å². The predicted octanol–water partition coefficient (Wildman–Crippen LogP) is 0.657. The first-order valence-electron chi connectivity index (χ1n) is 6.36. The van der Waals surface area contributed by atoms with Crippen molar-refractivity contribution < 1.29 is 9.53 Å². The maximum absolute atomic E-state index is 11.3. The minimum Gasteiger partial charge on any atom is -0.468 e. The Labute approximate surface area is 117 Å². The van der Waals surface area contributed by atoms with Crippen molar-refractivity contribution in [2.75, 3.05) is 20.2 Å². The fraction of sp³-hybridized carbons (Fsp3) is 0.385. The first-order valence-corrected chi connectivity index (χ1v) is 6.36. The van der Waals surface area contributed by atoms with Gasteiger partial charge in [-0.05, 0) is 29.1 Å². The fourth-order valence-corrected chi connectivity index (χ4v) is 1.80. The number of rotatable bonds is 6. The van der Waals surface area contributed by atoms with E-state index in [0.717, 1.165) is 5.69 Å². The summed E-state index contributed by atoms with van der Waals surface area (Å²) in [6.45, 7) is 3.37. The van der Waals surface area contributed by atoms with E-state index in [0.29, 0.717) is 18.9 Å². The summed E-state index contributed by atoms with van der Waals surface area (Å²) in [6.07, 6.45) is 0. The molecule has 0 saturated carbocycles. The van der Waals surface area contributed by atoms with Gasteiger partial charge in [0.15, 0.2) is 5.82 Å². The van der Waals surface area contributed by atoms with Crippen molar-refractivity contribution in [1.29, 1.82) is 0 Å². The van der Waals surface area contributed by atoms with Gasteiger partial charge in [0.1, 0.15) is 0 Å². The summed E-state index contributed by atoms with van der Waals surface area (Å²) in [7, 11) is 1.38. The maximum atomic E-state index is 11.3. The highest BCUT2D eigenvalue weighted by Crippen LogP contribution is 2.08. The standard InChI is InChI=1S/C13H17N5O2/c1-3-17(10-13(19)20-2)9-12-14-15-16-18(12)11-7-5-4-6-8-11/h4-8H,3,9-10H2,1-2H3. The molecule has 2 aromatic rings. The molecule has 0 aliphatic heterocycles. The summed E-state index contributed by atoms with van der Waals surface area (Å²) in [5.41, 5.74) is 0.890. The number of carbonyl (C=O) groups excluding carboxylic acids is 1. The van der Waals surface area contributed by atoms with Crippen LogP contribution in [0.3, 0.4) is 0 Å². The predicted molar refractivity (Wildman–Crippen MR) is 72.1 cm³/mol. The van der Waals surface area contributed by atoms with E-state index in [4.69, 9.17) is 0 Å². The Hall–Kier alpha value is -2.28. The third kappa shape index (κ3) is 3.39. The molecule has 0 atom stereocenters. The Morgan fingerprint density at radius 3 is 2.75 bits per heavy atom. The van der Waals surface area contributed by atoms with Crippen molar-refractivity contribution in [3.05, 3.63) is 36.2 Å². The van der Waals surface area contributed by atoms with Crippen molar-refractivity contribution in [2.24, 2.45) is 0 Å². The molecule has 1 aromatic carbocycles. The van der Waals surface area contributed by atoms with Gasteiger partial charge in [0.25, 0.3) is 0 Å². The topological polar surface area (TPSA) is 73.1 Å². The third-order valence-electron chi connectivity index (χ3n) is 2.93. The van der Waals surface area contributed by atoms with E-state index in [1.165, 1.54) is 7.11 Å². The zero-order valence-corrected chi connectivity index (χ0v) is 11.6. The minimum atomic E-state index is -0.273. The van der Waals surface area contributed by atoms with E-state index in [-0.39, 0.29) is 12.5 Å². The average Bonchev–Trinajstić information content (AvgIpc) is 2.95. The lowest BCUT2D eigenvalue weighted by atomic mass is 10.3. The summed E-state index contributed by atoms with van der Waals surface area (Å²) in [5, 5.41) is 11.7. The highest BCUT2D eigenvalue weighted by molar-refractivity contribution is 5.71. The summed E-state index contributed by atoms with van der Waals surface area (Å²) >= 11 is 0. The molecule has 106 valence electrons. The van der Waals surface area contributed by atoms with Gasteiger partial charge >= 0.3 is 5.97 Å². The molecule has 0 amide bonds. The number of methoxy groups -OCH3 is 1. The average molecular weight is 275 g/mol. The first kappa shape index (κ1) is 14.1. The summed E-state index contributed by atoms with van der Waals surface area (Å²) in [6, 6.07) is 9.63. The van der Waals surface area contributed by atoms with Crippen molar-refractivity contribution in [1.82, 2.24) is 25.1 Å². The number of ether oxygens (including phenoxy) is 1. The molecule has 7 nitrogen and oxygen atoms in total. The highest BCUT2D eigenvalue weighted by Gasteiger charge is 2.15. The van der Waals surface area contributed by atoms with Crippen molar-refractivity contribution >= 4 is 5.97 Å². The quantitative estimate of drug-likeness (QED) is 0.721. The molecule has 0 radical (unpaired) electrons. The zero-order chi connectivity index (χ0) is 14.4. The molecule has 0 spiro atoms. The molecule has 7 heteroatoms. The first-order chi connectivity index (χ1) is 9.74. The van der Waals surface area contributed by atoms with Crippen LogP contribution in [0.5, 0.6) is 0 Å². The van der Waals surface area contributed by atoms with Crippen LogP contribution in [0.1, 0.15) is 12.7 Å². The van der Waals surface area contributed by atoms with E-state index in [1.807, 2.05) is 42.2 Å². The number of hydrogen-bond acceptors (Lipinski definition) is 6. The third-order valence-corrected chi connectivity index (χ3v) is 2.93. The van der Waals surface area contributed by atoms with Gasteiger partial charge < -0.3 is 4.74 Å². The molecule has 0 aliphatic carbocycles. The largest absolute Gasteiger partial charge is 0.468 e. The Balaban J connectivity index is 2.14. The van der Waals surface area contributed by atoms with Crippen LogP contribution >= 0.6 is 0 Å². The minimum absolute atomic E-state index is 0.217. The summed E-state index contributed by atoms with van der Waals surface area (Å²) < 4.78 is 6.34. The van der Waals surface area contributed by atoms with Crippen molar-refractivity contribution in [3.63, 3.8) is 0 Å². The van der Waals surface area contributed by atoms with E-state index in [2.05, 4.69) is 20.3 Å². The number of para-hydroxylation sites is 1. The van der Waals surface area contributed by atoms with Crippen LogP contribution in [0.2, 0.25) is 0 Å². The van der Waals surface area contributed by atoms with E-state index >= 15 is 0 Å². The second-order valence-electron chi connectivity index (χ2n) is 4.22. The van der Waals surface area contributed by atoms with Gasteiger partial charge in [0.05, 0.1) is 25.9 Å². The van der Waals surface area contributed by atoms with Gasteiger partial charge in [-0.25, -0.2) is 0 Å². The number of carbonyl (C=O) groups is 1. The van der Waals surface area contributed by atoms with Gasteiger partial charge in [-0.1, -0.05) is 25.1 Å². The van der Waals surface area contributed by atoms with Crippen LogP contribution in [0, 0.1) is 0 Å². The monoisotopic (exact) mass is 275 g/mol. The zero-order valence-electron chi connectivity index (χ0n) is 11.6. The van der Waals surface area contributed by atoms with Gasteiger partial charge in [-0.3, -0.25) is 9.69 Å². The van der Waals surface area contributed by atoms with Gasteiger partial charge in [0.2, 0.25) is 0 Å². The highest BCUT2D eigenvalue weighted by atomic mass is 16.5. The molecule has 0 bridgehead atoms. The SMILES string of the molecule is CCN(CC(=O)OC)Cc1nnnn1-c1ccccc1. The molecule has 0 saturated heterocycles. The number of likely N-dealkylation sites (N-methyl/N-ethyl adjacent to an activating group) is 1. The van der Waals surface area contributed by atoms with Crippen LogP contribution in [-0.2, 0) is 16.1 Å². The van der Waals surface area contributed by atoms with E-state index in [9.17, 15) is 4.79 Å². The molecule has 2 rings (SSSR count). The number of esters is 1. The normalized spacial score (nSPS) is 10.8. The maximum Gasteiger partial charge on any atom is 0.319 e. The lowest BCUT2D eigenvalue weighted by Gasteiger charge is -2.17. The molecule has 1 heterocycles. The Kier molecular flexibility index (Phi) is 4.78. The summed E-state index contributed by atoms with van der Waals surface area (Å²) in [4.78, 5) is 13.3. The number of tetrazole rings is 1. The fourth-order valence-electron chi connectivity index (χ4n) is 1.80. The van der Waals surface area contributed by atoms with Crippen molar-refractivity contribution in [3.8, 4) is 5.69 Å². The number of hydrogen-bond donors (Lipinski definition) is 0. The second-order valence-corrected chi connectivity index (χ2v) is 4.22. The summed E-state index contributed by atoms with van der Waals surface area (Å²) in [5.74, 6) is 0.410. The molecule has 0 aliphatic rings. The number of aromatic nitrogens is 4. The van der Waals surface area contributed by atoms with Gasteiger partial charge in [-0.15, -0.1) is 5.10 Å². The van der Waals surface area contributed by atoms with Crippen molar-refractivity contribution in [2.45, 2.75) is 13.5 Å². The molecule has 0 fully saturated rings. The van der Waals surface area contributed by atoms with Crippen LogP contribution in [-0.4, -0.2) is 51.3 Å². The van der Waals surface area contributed by atoms with Crippen LogP contribution in [0.4, 0.5) is 0 Å². The molecule has 20 heavy (non-hydrogen) atoms. The second kappa shape index (κ2) is 6.76. The van der Waals surface area contributed by atoms with Gasteiger partial charge in [0, 0.05) is 0 Å². The van der Waals surface area contributed by atoms with E-state index in [1.54, 1.807) is 4.68 Å². The lowest BCUT2D eigenvalue weighted by Crippen LogP contribution is -2.31. The molecule has 0 N–H and O–H groups in total. The Bertz CT molecular complexity index is 555. The number of nitrogens with zero attached hydrogens (tertiary/aromatic N) is 5. The molecule has 0 unspecified atom stereocenters. The van der Waals surface area contributed by atoms with Gasteiger partial charge in [-0.2, -0.15) is 4.68 Å². The molecule has 1 aromatic heterocycles. The van der Waals surface area contributed by atoms with E-state index < -0.39 is 0 Å². The molecular formula is C13H17N5O2. The smallest absolute Gasteiger partial charge is 0.319 e. The van der Waals surface area contributed by atoms with Crippen LogP contribution in [0.25, 0.3) is 5.69 Å². The lowest BCUT2D eigenvalue weighted by molar-refractivity contribution is -0.142. The Morgan fingerprint density at radius 1 is 1.35 bits per heavy atom. The van der Waals surface area contributed by atoms with Crippen LogP contribution in [0.15, 0.2) is 30.3 Å². The molecular weight excluding hydrogens is 258 g/mol. The number of benzene rings is 1.